The average molecular weight is 268 g/mol. The summed E-state index contributed by atoms with van der Waals surface area (Å²) in [7, 11) is 0. The highest BCUT2D eigenvalue weighted by Gasteiger charge is 2.31. The van der Waals surface area contributed by atoms with Crippen molar-refractivity contribution in [3.8, 4) is 0 Å². The summed E-state index contributed by atoms with van der Waals surface area (Å²) in [5, 5.41) is 5.05. The summed E-state index contributed by atoms with van der Waals surface area (Å²) < 4.78 is 1.98. The highest BCUT2D eigenvalue weighted by molar-refractivity contribution is 8.00. The smallest absolute Gasteiger partial charge is 0.0538 e. The van der Waals surface area contributed by atoms with Gasteiger partial charge in [-0.05, 0) is 13.8 Å². The van der Waals surface area contributed by atoms with E-state index in [4.69, 9.17) is 5.73 Å². The monoisotopic (exact) mass is 268 g/mol. The van der Waals surface area contributed by atoms with Gasteiger partial charge in [-0.25, -0.2) is 0 Å². The number of aromatic nitrogens is 2. The van der Waals surface area contributed by atoms with Crippen LogP contribution < -0.4 is 5.73 Å². The van der Waals surface area contributed by atoms with E-state index >= 15 is 0 Å². The van der Waals surface area contributed by atoms with Crippen molar-refractivity contribution in [2.45, 2.75) is 44.6 Å². The first-order valence-corrected chi connectivity index (χ1v) is 7.82. The van der Waals surface area contributed by atoms with Crippen LogP contribution in [0.15, 0.2) is 12.4 Å². The summed E-state index contributed by atoms with van der Waals surface area (Å²) in [5.41, 5.74) is 7.26. The van der Waals surface area contributed by atoms with Gasteiger partial charge >= 0.3 is 0 Å². The van der Waals surface area contributed by atoms with Gasteiger partial charge in [0, 0.05) is 48.4 Å². The SMILES string of the molecule is CCn1cc(C(CN)N2CCSC(C)C2C)cn1. The average Bonchev–Trinajstić information content (AvgIpc) is 2.84. The third-order valence-corrected chi connectivity index (χ3v) is 5.26. The Morgan fingerprint density at radius 1 is 1.56 bits per heavy atom. The second-order valence-corrected chi connectivity index (χ2v) is 6.42. The first-order valence-electron chi connectivity index (χ1n) is 6.77. The molecule has 0 saturated carbocycles. The number of nitrogens with two attached hydrogens (primary N) is 1. The maximum Gasteiger partial charge on any atom is 0.0538 e. The number of hydrogen-bond acceptors (Lipinski definition) is 4. The van der Waals surface area contributed by atoms with Crippen molar-refractivity contribution >= 4 is 11.8 Å². The molecule has 102 valence electrons. The molecule has 2 N–H and O–H groups in total. The zero-order valence-corrected chi connectivity index (χ0v) is 12.4. The van der Waals surface area contributed by atoms with E-state index in [-0.39, 0.29) is 0 Å². The minimum absolute atomic E-state index is 0.309. The van der Waals surface area contributed by atoms with Crippen LogP contribution in [0, 0.1) is 0 Å². The van der Waals surface area contributed by atoms with Crippen LogP contribution in [-0.2, 0) is 6.54 Å². The molecule has 2 rings (SSSR count). The van der Waals surface area contributed by atoms with Crippen molar-refractivity contribution in [1.82, 2.24) is 14.7 Å². The van der Waals surface area contributed by atoms with Gasteiger partial charge in [0.05, 0.1) is 12.2 Å². The lowest BCUT2D eigenvalue weighted by atomic mass is 10.1. The number of aryl methyl sites for hydroxylation is 1. The fourth-order valence-corrected chi connectivity index (χ4v) is 3.71. The Morgan fingerprint density at radius 2 is 2.33 bits per heavy atom. The molecule has 0 bridgehead atoms. The van der Waals surface area contributed by atoms with Crippen LogP contribution in [-0.4, -0.2) is 44.8 Å². The van der Waals surface area contributed by atoms with E-state index in [9.17, 15) is 0 Å². The van der Waals surface area contributed by atoms with Gasteiger partial charge in [-0.1, -0.05) is 6.92 Å². The molecule has 0 spiro atoms. The molecule has 0 amide bonds. The third kappa shape index (κ3) is 2.73. The van der Waals surface area contributed by atoms with Crippen molar-refractivity contribution in [3.63, 3.8) is 0 Å². The van der Waals surface area contributed by atoms with Crippen LogP contribution in [0.3, 0.4) is 0 Å². The van der Waals surface area contributed by atoms with Crippen LogP contribution in [0.2, 0.25) is 0 Å². The van der Waals surface area contributed by atoms with Crippen LogP contribution in [0.1, 0.15) is 32.4 Å². The molecule has 18 heavy (non-hydrogen) atoms. The van der Waals surface area contributed by atoms with Gasteiger partial charge in [-0.3, -0.25) is 9.58 Å². The van der Waals surface area contributed by atoms with Crippen molar-refractivity contribution in [2.75, 3.05) is 18.8 Å². The molecule has 1 fully saturated rings. The van der Waals surface area contributed by atoms with Gasteiger partial charge in [-0.15, -0.1) is 0 Å². The second-order valence-electron chi connectivity index (χ2n) is 4.94. The third-order valence-electron chi connectivity index (χ3n) is 3.92. The highest BCUT2D eigenvalue weighted by atomic mass is 32.2. The predicted molar refractivity (Wildman–Crippen MR) is 77.8 cm³/mol. The fourth-order valence-electron chi connectivity index (χ4n) is 2.58. The summed E-state index contributed by atoms with van der Waals surface area (Å²) in [6.07, 6.45) is 4.11. The van der Waals surface area contributed by atoms with Gasteiger partial charge in [-0.2, -0.15) is 16.9 Å². The summed E-state index contributed by atoms with van der Waals surface area (Å²) >= 11 is 2.06. The second kappa shape index (κ2) is 6.08. The van der Waals surface area contributed by atoms with E-state index in [0.29, 0.717) is 23.9 Å². The van der Waals surface area contributed by atoms with E-state index in [0.717, 1.165) is 13.1 Å². The maximum atomic E-state index is 6.01. The molecule has 1 aromatic rings. The number of nitrogens with zero attached hydrogens (tertiary/aromatic N) is 3. The number of rotatable bonds is 4. The van der Waals surface area contributed by atoms with E-state index in [2.05, 4.69) is 48.7 Å². The van der Waals surface area contributed by atoms with Crippen molar-refractivity contribution < 1.29 is 0 Å². The molecule has 3 atom stereocenters. The molecule has 3 unspecified atom stereocenters. The lowest BCUT2D eigenvalue weighted by molar-refractivity contribution is 0.150. The van der Waals surface area contributed by atoms with E-state index < -0.39 is 0 Å². The quantitative estimate of drug-likeness (QED) is 0.903. The summed E-state index contributed by atoms with van der Waals surface area (Å²) in [6.45, 7) is 9.43. The lowest BCUT2D eigenvalue weighted by Gasteiger charge is -2.42. The number of hydrogen-bond donors (Lipinski definition) is 1. The highest BCUT2D eigenvalue weighted by Crippen LogP contribution is 2.31. The van der Waals surface area contributed by atoms with Gasteiger partial charge in [0.2, 0.25) is 0 Å². The summed E-state index contributed by atoms with van der Waals surface area (Å²) in [5.74, 6) is 1.20. The molecule has 2 heterocycles. The minimum atomic E-state index is 0.309. The molecular formula is C13H24N4S. The van der Waals surface area contributed by atoms with E-state index in [1.807, 2.05) is 10.9 Å². The molecule has 1 aromatic heterocycles. The van der Waals surface area contributed by atoms with Gasteiger partial charge in [0.15, 0.2) is 0 Å². The van der Waals surface area contributed by atoms with Crippen molar-refractivity contribution in [2.24, 2.45) is 5.73 Å². The molecule has 1 aliphatic rings. The van der Waals surface area contributed by atoms with Crippen molar-refractivity contribution in [1.29, 1.82) is 0 Å². The van der Waals surface area contributed by atoms with Gasteiger partial charge in [0.25, 0.3) is 0 Å². The van der Waals surface area contributed by atoms with E-state index in [1.165, 1.54) is 11.3 Å². The zero-order chi connectivity index (χ0) is 13.1. The molecule has 1 aliphatic heterocycles. The fraction of sp³-hybridized carbons (Fsp3) is 0.769. The van der Waals surface area contributed by atoms with E-state index in [1.54, 1.807) is 0 Å². The lowest BCUT2D eigenvalue weighted by Crippen LogP contribution is -2.48. The molecule has 4 nitrogen and oxygen atoms in total. The molecule has 0 radical (unpaired) electrons. The van der Waals surface area contributed by atoms with Crippen molar-refractivity contribution in [3.05, 3.63) is 18.0 Å². The minimum Gasteiger partial charge on any atom is -0.329 e. The Labute approximate surface area is 114 Å². The zero-order valence-electron chi connectivity index (χ0n) is 11.5. The standard InChI is InChI=1S/C13H24N4S/c1-4-16-9-12(8-15-16)13(7-14)17-5-6-18-11(3)10(17)2/h8-11,13H,4-7,14H2,1-3H3. The molecule has 0 aliphatic carbocycles. The summed E-state index contributed by atoms with van der Waals surface area (Å²) in [6, 6.07) is 0.880. The van der Waals surface area contributed by atoms with Gasteiger partial charge in [0.1, 0.15) is 0 Å². The Bertz CT molecular complexity index is 379. The maximum absolute atomic E-state index is 6.01. The Kier molecular flexibility index (Phi) is 4.70. The van der Waals surface area contributed by atoms with Crippen LogP contribution in [0.4, 0.5) is 0 Å². The normalized spacial score (nSPS) is 27.3. The van der Waals surface area contributed by atoms with Crippen LogP contribution >= 0.6 is 11.8 Å². The summed E-state index contributed by atoms with van der Waals surface area (Å²) in [4.78, 5) is 2.54. The molecular weight excluding hydrogens is 244 g/mol. The number of thioether (sulfide) groups is 1. The molecule has 0 aromatic carbocycles. The largest absolute Gasteiger partial charge is 0.329 e. The Morgan fingerprint density at radius 3 is 2.94 bits per heavy atom. The molecule has 5 heteroatoms. The topological polar surface area (TPSA) is 47.1 Å². The Balaban J connectivity index is 2.16. The van der Waals surface area contributed by atoms with Crippen LogP contribution in [0.5, 0.6) is 0 Å². The predicted octanol–water partition coefficient (Wildman–Crippen LogP) is 1.73. The van der Waals surface area contributed by atoms with Gasteiger partial charge < -0.3 is 5.73 Å². The molecule has 1 saturated heterocycles. The van der Waals surface area contributed by atoms with Crippen LogP contribution in [0.25, 0.3) is 0 Å². The first kappa shape index (κ1) is 13.9. The first-order chi connectivity index (χ1) is 8.67. The Hall–Kier alpha value is -0.520.